The lowest BCUT2D eigenvalue weighted by Crippen LogP contribution is -2.50. The molecule has 1 amide bonds. The lowest BCUT2D eigenvalue weighted by Gasteiger charge is -2.35. The predicted octanol–water partition coefficient (Wildman–Crippen LogP) is 1.89. The number of rotatable bonds is 8. The first kappa shape index (κ1) is 22.9. The zero-order chi connectivity index (χ0) is 22.4. The molecule has 9 heteroatoms. The van der Waals surface area contributed by atoms with Crippen LogP contribution in [0.3, 0.4) is 0 Å². The Morgan fingerprint density at radius 3 is 2.35 bits per heavy atom. The van der Waals surface area contributed by atoms with Crippen LogP contribution in [0.2, 0.25) is 0 Å². The quantitative estimate of drug-likeness (QED) is 0.665. The molecule has 8 nitrogen and oxygen atoms in total. The molecular weight excluding hydrogens is 418 g/mol. The van der Waals surface area contributed by atoms with Crippen molar-refractivity contribution >= 4 is 21.6 Å². The van der Waals surface area contributed by atoms with Crippen molar-refractivity contribution < 1.29 is 22.7 Å². The summed E-state index contributed by atoms with van der Waals surface area (Å²) < 4.78 is 37.3. The Bertz CT molecular complexity index is 1020. The third-order valence-corrected chi connectivity index (χ3v) is 7.16. The number of sulfonamides is 1. The molecule has 0 aliphatic carbocycles. The van der Waals surface area contributed by atoms with Crippen LogP contribution in [-0.2, 0) is 10.0 Å². The van der Waals surface area contributed by atoms with Gasteiger partial charge in [0.1, 0.15) is 0 Å². The van der Waals surface area contributed by atoms with Gasteiger partial charge >= 0.3 is 0 Å². The molecule has 0 aromatic heterocycles. The Labute approximate surface area is 183 Å². The van der Waals surface area contributed by atoms with Crippen molar-refractivity contribution in [2.45, 2.75) is 6.92 Å². The molecule has 0 unspecified atom stereocenters. The number of carbonyl (C=O) groups excluding carboxylic acids is 1. The van der Waals surface area contributed by atoms with Gasteiger partial charge in [-0.15, -0.1) is 0 Å². The topological polar surface area (TPSA) is 88.2 Å². The Morgan fingerprint density at radius 2 is 1.71 bits per heavy atom. The minimum atomic E-state index is -3.45. The molecule has 3 rings (SSSR count). The van der Waals surface area contributed by atoms with Crippen molar-refractivity contribution in [3.63, 3.8) is 0 Å². The van der Waals surface area contributed by atoms with E-state index in [1.807, 2.05) is 25.1 Å². The van der Waals surface area contributed by atoms with Crippen LogP contribution in [0.5, 0.6) is 11.5 Å². The zero-order valence-corrected chi connectivity index (χ0v) is 18.9. The SMILES string of the molecule is COc1ccc(C(=O)NCCS(=O)(=O)N2CCN(c3cccc(C)c3)CC2)cc1OC. The second kappa shape index (κ2) is 10.0. The Kier molecular flexibility index (Phi) is 7.40. The highest BCUT2D eigenvalue weighted by Crippen LogP contribution is 2.27. The van der Waals surface area contributed by atoms with Crippen LogP contribution in [0.25, 0.3) is 0 Å². The summed E-state index contributed by atoms with van der Waals surface area (Å²) in [6.07, 6.45) is 0. The number of hydrogen-bond acceptors (Lipinski definition) is 6. The van der Waals surface area contributed by atoms with Crippen molar-refractivity contribution in [2.24, 2.45) is 0 Å². The minimum absolute atomic E-state index is 0.0353. The predicted molar refractivity (Wildman–Crippen MR) is 121 cm³/mol. The second-order valence-corrected chi connectivity index (χ2v) is 9.46. The molecule has 0 bridgehead atoms. The van der Waals surface area contributed by atoms with Gasteiger partial charge in [-0.1, -0.05) is 12.1 Å². The first-order valence-electron chi connectivity index (χ1n) is 10.1. The van der Waals surface area contributed by atoms with Gasteiger partial charge in [-0.25, -0.2) is 8.42 Å². The average molecular weight is 448 g/mol. The van der Waals surface area contributed by atoms with Gasteiger partial charge in [0.2, 0.25) is 10.0 Å². The third-order valence-electron chi connectivity index (χ3n) is 5.29. The standard InChI is InChI=1S/C22H29N3O5S/c1-17-5-4-6-19(15-17)24-10-12-25(13-11-24)31(27,28)14-9-23-22(26)18-7-8-20(29-2)21(16-18)30-3/h4-8,15-16H,9-14H2,1-3H3,(H,23,26). The maximum atomic E-state index is 12.7. The van der Waals surface area contributed by atoms with Gasteiger partial charge in [0, 0.05) is 44.0 Å². The van der Waals surface area contributed by atoms with Crippen LogP contribution in [0.4, 0.5) is 5.69 Å². The molecule has 168 valence electrons. The summed E-state index contributed by atoms with van der Waals surface area (Å²) in [5.41, 5.74) is 2.67. The molecule has 0 spiro atoms. The second-order valence-electron chi connectivity index (χ2n) is 7.37. The third kappa shape index (κ3) is 5.68. The molecular formula is C22H29N3O5S. The number of piperazine rings is 1. The van der Waals surface area contributed by atoms with Gasteiger partial charge in [0.15, 0.2) is 11.5 Å². The molecule has 1 heterocycles. The Hall–Kier alpha value is -2.78. The van der Waals surface area contributed by atoms with E-state index in [9.17, 15) is 13.2 Å². The fourth-order valence-electron chi connectivity index (χ4n) is 3.55. The van der Waals surface area contributed by atoms with E-state index in [1.54, 1.807) is 18.2 Å². The maximum absolute atomic E-state index is 12.7. The van der Waals surface area contributed by atoms with Gasteiger partial charge < -0.3 is 19.7 Å². The maximum Gasteiger partial charge on any atom is 0.251 e. The van der Waals surface area contributed by atoms with Gasteiger partial charge in [-0.2, -0.15) is 4.31 Å². The van der Waals surface area contributed by atoms with Crippen molar-refractivity contribution in [1.29, 1.82) is 0 Å². The van der Waals surface area contributed by atoms with Crippen LogP contribution in [0, 0.1) is 6.92 Å². The normalized spacial score (nSPS) is 14.9. The molecule has 1 N–H and O–H groups in total. The lowest BCUT2D eigenvalue weighted by atomic mass is 10.2. The molecule has 1 aliphatic rings. The number of ether oxygens (including phenoxy) is 2. The molecule has 31 heavy (non-hydrogen) atoms. The van der Waals surface area contributed by atoms with Crippen molar-refractivity contribution in [1.82, 2.24) is 9.62 Å². The van der Waals surface area contributed by atoms with Crippen LogP contribution < -0.4 is 19.7 Å². The van der Waals surface area contributed by atoms with E-state index < -0.39 is 10.0 Å². The van der Waals surface area contributed by atoms with Gasteiger partial charge in [0.05, 0.1) is 20.0 Å². The molecule has 1 fully saturated rings. The number of amides is 1. The largest absolute Gasteiger partial charge is 0.493 e. The highest BCUT2D eigenvalue weighted by molar-refractivity contribution is 7.89. The van der Waals surface area contributed by atoms with Gasteiger partial charge in [0.25, 0.3) is 5.91 Å². The van der Waals surface area contributed by atoms with Gasteiger partial charge in [-0.05, 0) is 42.8 Å². The van der Waals surface area contributed by atoms with E-state index >= 15 is 0 Å². The summed E-state index contributed by atoms with van der Waals surface area (Å²) >= 11 is 0. The number of benzene rings is 2. The number of aryl methyl sites for hydroxylation is 1. The van der Waals surface area contributed by atoms with E-state index in [0.29, 0.717) is 43.2 Å². The molecule has 2 aromatic rings. The molecule has 0 saturated carbocycles. The molecule has 1 saturated heterocycles. The molecule has 1 aliphatic heterocycles. The number of methoxy groups -OCH3 is 2. The van der Waals surface area contributed by atoms with Crippen LogP contribution in [0.1, 0.15) is 15.9 Å². The van der Waals surface area contributed by atoms with Crippen LogP contribution >= 0.6 is 0 Å². The summed E-state index contributed by atoms with van der Waals surface area (Å²) in [7, 11) is -0.443. The summed E-state index contributed by atoms with van der Waals surface area (Å²) in [5, 5.41) is 2.67. The number of hydrogen-bond donors (Lipinski definition) is 1. The zero-order valence-electron chi connectivity index (χ0n) is 18.1. The van der Waals surface area contributed by atoms with Crippen LogP contribution in [-0.4, -0.2) is 71.3 Å². The van der Waals surface area contributed by atoms with E-state index in [-0.39, 0.29) is 18.2 Å². The van der Waals surface area contributed by atoms with Crippen molar-refractivity contribution in [3.8, 4) is 11.5 Å². The first-order valence-corrected chi connectivity index (χ1v) is 11.7. The lowest BCUT2D eigenvalue weighted by molar-refractivity contribution is 0.0955. The van der Waals surface area contributed by atoms with E-state index in [2.05, 4.69) is 16.3 Å². The first-order chi connectivity index (χ1) is 14.8. The Balaban J connectivity index is 1.51. The molecule has 0 radical (unpaired) electrons. The summed E-state index contributed by atoms with van der Waals surface area (Å²) in [6, 6.07) is 13.0. The van der Waals surface area contributed by atoms with E-state index in [1.165, 1.54) is 24.1 Å². The number of carbonyl (C=O) groups is 1. The smallest absolute Gasteiger partial charge is 0.251 e. The van der Waals surface area contributed by atoms with Crippen LogP contribution in [0.15, 0.2) is 42.5 Å². The van der Waals surface area contributed by atoms with Gasteiger partial charge in [-0.3, -0.25) is 4.79 Å². The minimum Gasteiger partial charge on any atom is -0.493 e. The monoisotopic (exact) mass is 447 g/mol. The summed E-state index contributed by atoms with van der Waals surface area (Å²) in [6.45, 7) is 4.22. The number of nitrogens with zero attached hydrogens (tertiary/aromatic N) is 2. The highest BCUT2D eigenvalue weighted by Gasteiger charge is 2.27. The highest BCUT2D eigenvalue weighted by atomic mass is 32.2. The fourth-order valence-corrected chi connectivity index (χ4v) is 4.89. The number of anilines is 1. The molecule has 0 atom stereocenters. The average Bonchev–Trinajstić information content (AvgIpc) is 2.78. The van der Waals surface area contributed by atoms with E-state index in [0.717, 1.165) is 5.69 Å². The summed E-state index contributed by atoms with van der Waals surface area (Å²) in [4.78, 5) is 14.6. The fraction of sp³-hybridized carbons (Fsp3) is 0.409. The molecule has 2 aromatic carbocycles. The van der Waals surface area contributed by atoms with Crippen molar-refractivity contribution in [3.05, 3.63) is 53.6 Å². The summed E-state index contributed by atoms with van der Waals surface area (Å²) in [5.74, 6) is 0.456. The Morgan fingerprint density at radius 1 is 1.00 bits per heavy atom. The van der Waals surface area contributed by atoms with Crippen molar-refractivity contribution in [2.75, 3.05) is 57.6 Å². The van der Waals surface area contributed by atoms with E-state index in [4.69, 9.17) is 9.47 Å². The number of nitrogens with one attached hydrogen (secondary N) is 1.